The normalized spacial score (nSPS) is 18.1. The predicted octanol–water partition coefficient (Wildman–Crippen LogP) is 4.35. The van der Waals surface area contributed by atoms with E-state index < -0.39 is 17.7 Å². The molecule has 7 heteroatoms. The number of rotatable bonds is 4. The van der Waals surface area contributed by atoms with Gasteiger partial charge in [-0.05, 0) is 42.0 Å². The van der Waals surface area contributed by atoms with Gasteiger partial charge < -0.3 is 10.0 Å². The van der Waals surface area contributed by atoms with Crippen LogP contribution in [0.15, 0.2) is 54.4 Å². The van der Waals surface area contributed by atoms with Gasteiger partial charge in [-0.15, -0.1) is 0 Å². The molecule has 1 aromatic carbocycles. The fourth-order valence-corrected chi connectivity index (χ4v) is 4.49. The first-order chi connectivity index (χ1) is 16.0. The van der Waals surface area contributed by atoms with Crippen LogP contribution in [0.1, 0.15) is 60.5 Å². The summed E-state index contributed by atoms with van der Waals surface area (Å²) < 4.78 is 1.66. The van der Waals surface area contributed by atoms with E-state index in [1.165, 1.54) is 4.90 Å². The molecule has 1 atom stereocenters. The summed E-state index contributed by atoms with van der Waals surface area (Å²) in [5.74, 6) is -1.54. The van der Waals surface area contributed by atoms with Crippen LogP contribution in [0, 0.1) is 13.8 Å². The van der Waals surface area contributed by atoms with Gasteiger partial charge in [0.25, 0.3) is 11.7 Å². The van der Waals surface area contributed by atoms with Gasteiger partial charge in [0.1, 0.15) is 5.76 Å². The molecule has 176 valence electrons. The lowest BCUT2D eigenvalue weighted by Crippen LogP contribution is -2.29. The SMILES string of the molecule is Cc1nn(C)c(C)c1C(O)=C1C(=O)C(=O)N(Cc2cccnc2)[C@@H]1c1ccc(C(C)(C)C)cc1. The lowest BCUT2D eigenvalue weighted by atomic mass is 9.85. The zero-order valence-electron chi connectivity index (χ0n) is 20.5. The number of ketones is 1. The fourth-order valence-electron chi connectivity index (χ4n) is 4.49. The van der Waals surface area contributed by atoms with Crippen molar-refractivity contribution in [2.75, 3.05) is 0 Å². The van der Waals surface area contributed by atoms with E-state index in [9.17, 15) is 14.7 Å². The number of amides is 1. The number of carbonyl (C=O) groups is 2. The van der Waals surface area contributed by atoms with Crippen LogP contribution in [0.25, 0.3) is 5.76 Å². The highest BCUT2D eigenvalue weighted by Gasteiger charge is 2.46. The average molecular weight is 459 g/mol. The third-order valence-electron chi connectivity index (χ3n) is 6.45. The molecule has 0 aliphatic carbocycles. The molecular weight excluding hydrogens is 428 g/mol. The molecule has 1 N–H and O–H groups in total. The predicted molar refractivity (Wildman–Crippen MR) is 130 cm³/mol. The molecule has 3 heterocycles. The number of nitrogens with zero attached hydrogens (tertiary/aromatic N) is 4. The van der Waals surface area contributed by atoms with Crippen molar-refractivity contribution in [3.05, 3.63) is 88.0 Å². The Morgan fingerprint density at radius 2 is 1.76 bits per heavy atom. The number of hydrogen-bond donors (Lipinski definition) is 1. The first kappa shape index (κ1) is 23.4. The molecule has 1 aliphatic rings. The number of carbonyl (C=O) groups excluding carboxylic acids is 2. The van der Waals surface area contributed by atoms with E-state index in [4.69, 9.17) is 0 Å². The van der Waals surface area contributed by atoms with Crippen LogP contribution < -0.4 is 0 Å². The third-order valence-corrected chi connectivity index (χ3v) is 6.45. The van der Waals surface area contributed by atoms with Crippen LogP contribution in [0.2, 0.25) is 0 Å². The molecule has 2 aromatic heterocycles. The van der Waals surface area contributed by atoms with Crippen molar-refractivity contribution >= 4 is 17.4 Å². The van der Waals surface area contributed by atoms with Gasteiger partial charge in [0.05, 0.1) is 22.9 Å². The minimum atomic E-state index is -0.728. The highest BCUT2D eigenvalue weighted by Crippen LogP contribution is 2.41. The maximum atomic E-state index is 13.3. The Balaban J connectivity index is 1.90. The zero-order chi connectivity index (χ0) is 24.8. The van der Waals surface area contributed by atoms with Crippen LogP contribution in [-0.4, -0.2) is 36.5 Å². The van der Waals surface area contributed by atoms with Crippen molar-refractivity contribution in [3.8, 4) is 0 Å². The highest BCUT2D eigenvalue weighted by atomic mass is 16.3. The van der Waals surface area contributed by atoms with Gasteiger partial charge in [0, 0.05) is 31.7 Å². The van der Waals surface area contributed by atoms with Gasteiger partial charge in [-0.25, -0.2) is 0 Å². The van der Waals surface area contributed by atoms with E-state index in [1.807, 2.05) is 37.3 Å². The van der Waals surface area contributed by atoms with E-state index in [0.29, 0.717) is 11.3 Å². The number of Topliss-reactive ketones (excluding diaryl/α,β-unsaturated/α-hetero) is 1. The Morgan fingerprint density at radius 3 is 2.29 bits per heavy atom. The maximum Gasteiger partial charge on any atom is 0.295 e. The van der Waals surface area contributed by atoms with E-state index in [1.54, 1.807) is 37.1 Å². The summed E-state index contributed by atoms with van der Waals surface area (Å²) >= 11 is 0. The minimum Gasteiger partial charge on any atom is -0.507 e. The first-order valence-electron chi connectivity index (χ1n) is 11.3. The molecule has 0 spiro atoms. The molecule has 0 unspecified atom stereocenters. The number of aliphatic hydroxyl groups excluding tert-OH is 1. The molecule has 1 amide bonds. The first-order valence-corrected chi connectivity index (χ1v) is 11.3. The minimum absolute atomic E-state index is 0.0417. The van der Waals surface area contributed by atoms with Gasteiger partial charge >= 0.3 is 0 Å². The number of aliphatic hydroxyl groups is 1. The molecule has 0 radical (unpaired) electrons. The fraction of sp³-hybridized carbons (Fsp3) is 0.333. The quantitative estimate of drug-likeness (QED) is 0.357. The Labute approximate surface area is 199 Å². The molecule has 1 aliphatic heterocycles. The monoisotopic (exact) mass is 458 g/mol. The van der Waals surface area contributed by atoms with E-state index >= 15 is 0 Å². The van der Waals surface area contributed by atoms with E-state index in [2.05, 4.69) is 30.9 Å². The summed E-state index contributed by atoms with van der Waals surface area (Å²) in [5, 5.41) is 15.8. The second kappa shape index (κ2) is 8.56. The molecule has 0 bridgehead atoms. The number of pyridine rings is 1. The molecular formula is C27H30N4O3. The lowest BCUT2D eigenvalue weighted by Gasteiger charge is -2.26. The van der Waals surface area contributed by atoms with Crippen LogP contribution in [0.5, 0.6) is 0 Å². The summed E-state index contributed by atoms with van der Waals surface area (Å²) in [5.41, 5.74) is 4.54. The Morgan fingerprint density at radius 1 is 1.09 bits per heavy atom. The Hall–Kier alpha value is -3.74. The van der Waals surface area contributed by atoms with E-state index in [0.717, 1.165) is 22.4 Å². The lowest BCUT2D eigenvalue weighted by molar-refractivity contribution is -0.140. The smallest absolute Gasteiger partial charge is 0.295 e. The largest absolute Gasteiger partial charge is 0.507 e. The van der Waals surface area contributed by atoms with Crippen molar-refractivity contribution in [1.29, 1.82) is 0 Å². The van der Waals surface area contributed by atoms with Gasteiger partial charge in [-0.3, -0.25) is 19.3 Å². The summed E-state index contributed by atoms with van der Waals surface area (Å²) in [7, 11) is 1.78. The summed E-state index contributed by atoms with van der Waals surface area (Å²) in [4.78, 5) is 32.2. The molecule has 3 aromatic rings. The van der Waals surface area contributed by atoms with Gasteiger partial charge in [-0.2, -0.15) is 5.10 Å². The number of likely N-dealkylation sites (tertiary alicyclic amines) is 1. The van der Waals surface area contributed by atoms with Gasteiger partial charge in [0.15, 0.2) is 0 Å². The summed E-state index contributed by atoms with van der Waals surface area (Å²) in [6.07, 6.45) is 3.34. The molecule has 4 rings (SSSR count). The topological polar surface area (TPSA) is 88.3 Å². The average Bonchev–Trinajstić information content (AvgIpc) is 3.19. The standard InChI is InChI=1S/C27H30N4O3/c1-16-21(17(2)30(6)29-16)24(32)22-23(19-9-11-20(12-10-19)27(3,4)5)31(26(34)25(22)33)15-18-8-7-13-28-14-18/h7-14,23,32H,15H2,1-6H3/t23-/m1/s1. The summed E-state index contributed by atoms with van der Waals surface area (Å²) in [6, 6.07) is 10.8. The van der Waals surface area contributed by atoms with Crippen molar-refractivity contribution in [1.82, 2.24) is 19.7 Å². The second-order valence-electron chi connectivity index (χ2n) is 9.83. The van der Waals surface area contributed by atoms with Crippen molar-refractivity contribution in [2.45, 2.75) is 52.6 Å². The van der Waals surface area contributed by atoms with Gasteiger partial charge in [-0.1, -0.05) is 51.1 Å². The molecule has 0 saturated carbocycles. The molecule has 1 saturated heterocycles. The van der Waals surface area contributed by atoms with Gasteiger partial charge in [0.2, 0.25) is 0 Å². The van der Waals surface area contributed by atoms with Crippen LogP contribution in [0.4, 0.5) is 0 Å². The highest BCUT2D eigenvalue weighted by molar-refractivity contribution is 6.46. The maximum absolute atomic E-state index is 13.3. The van der Waals surface area contributed by atoms with E-state index in [-0.39, 0.29) is 23.3 Å². The van der Waals surface area contributed by atoms with Crippen molar-refractivity contribution in [3.63, 3.8) is 0 Å². The number of aromatic nitrogens is 3. The second-order valence-corrected chi connectivity index (χ2v) is 9.83. The van der Waals surface area contributed by atoms with Crippen molar-refractivity contribution < 1.29 is 14.7 Å². The Kier molecular flexibility index (Phi) is 5.89. The third kappa shape index (κ3) is 4.02. The Bertz CT molecular complexity index is 1280. The molecule has 7 nitrogen and oxygen atoms in total. The van der Waals surface area contributed by atoms with Crippen molar-refractivity contribution in [2.24, 2.45) is 7.05 Å². The zero-order valence-corrected chi connectivity index (χ0v) is 20.5. The number of benzene rings is 1. The molecule has 1 fully saturated rings. The number of hydrogen-bond acceptors (Lipinski definition) is 5. The van der Waals surface area contributed by atoms with Crippen LogP contribution in [-0.2, 0) is 28.6 Å². The van der Waals surface area contributed by atoms with Crippen LogP contribution in [0.3, 0.4) is 0 Å². The van der Waals surface area contributed by atoms with Crippen LogP contribution >= 0.6 is 0 Å². The molecule has 34 heavy (non-hydrogen) atoms. The number of aryl methyl sites for hydroxylation is 2. The summed E-state index contributed by atoms with van der Waals surface area (Å²) in [6.45, 7) is 10.2.